The van der Waals surface area contributed by atoms with Crippen LogP contribution in [-0.2, 0) is 6.42 Å². The van der Waals surface area contributed by atoms with E-state index in [1.807, 2.05) is 6.07 Å². The molecule has 1 aliphatic rings. The van der Waals surface area contributed by atoms with Crippen molar-refractivity contribution in [2.45, 2.75) is 37.8 Å². The first kappa shape index (κ1) is 23.5. The second-order valence-electron chi connectivity index (χ2n) is 8.93. The van der Waals surface area contributed by atoms with Crippen molar-refractivity contribution in [3.63, 3.8) is 0 Å². The fourth-order valence-corrected chi connectivity index (χ4v) is 4.04. The van der Waals surface area contributed by atoms with Gasteiger partial charge in [-0.25, -0.2) is 4.79 Å². The number of aryl methyl sites for hydroxylation is 1. The molecule has 0 amide bonds. The van der Waals surface area contributed by atoms with Gasteiger partial charge < -0.3 is 20.3 Å². The van der Waals surface area contributed by atoms with Gasteiger partial charge in [-0.05, 0) is 72.7 Å². The van der Waals surface area contributed by atoms with E-state index in [1.165, 1.54) is 23.3 Å². The fourth-order valence-electron chi connectivity index (χ4n) is 4.04. The van der Waals surface area contributed by atoms with E-state index < -0.39 is 12.1 Å². The number of benzene rings is 3. The number of aliphatic hydroxyl groups excluding tert-OH is 1. The number of aliphatic hydroxyl groups is 1. The third kappa shape index (κ3) is 5.63. The first-order chi connectivity index (χ1) is 16.4. The average molecular weight is 457 g/mol. The zero-order chi connectivity index (χ0) is 24.1. The Morgan fingerprint density at radius 1 is 1.12 bits per heavy atom. The Balaban J connectivity index is 1.36. The number of β-amino-alcohol motifs (C(OH)–C–C–N with tert-alkyl or cyclic N) is 1. The number of carbonyl (C=O) groups is 1. The molecule has 3 N–H and O–H groups in total. The van der Waals surface area contributed by atoms with Crippen molar-refractivity contribution in [2.24, 2.45) is 0 Å². The molecule has 6 heteroatoms. The highest BCUT2D eigenvalue weighted by Gasteiger charge is 2.42. The van der Waals surface area contributed by atoms with Crippen LogP contribution in [0.4, 0.5) is 0 Å². The minimum atomic E-state index is -0.982. The first-order valence-electron chi connectivity index (χ1n) is 11.4. The minimum absolute atomic E-state index is 0.0347. The van der Waals surface area contributed by atoms with Gasteiger partial charge in [0.2, 0.25) is 0 Å². The summed E-state index contributed by atoms with van der Waals surface area (Å²) >= 11 is 0. The van der Waals surface area contributed by atoms with Gasteiger partial charge in [-0.2, -0.15) is 5.26 Å². The van der Waals surface area contributed by atoms with E-state index in [0.29, 0.717) is 17.9 Å². The molecule has 1 saturated carbocycles. The van der Waals surface area contributed by atoms with E-state index in [1.54, 1.807) is 30.3 Å². The number of carboxylic acids is 1. The van der Waals surface area contributed by atoms with Crippen molar-refractivity contribution in [3.05, 3.63) is 89.0 Å². The van der Waals surface area contributed by atoms with Crippen molar-refractivity contribution in [3.8, 4) is 22.9 Å². The third-order valence-electron chi connectivity index (χ3n) is 6.35. The molecule has 6 nitrogen and oxygen atoms in total. The summed E-state index contributed by atoms with van der Waals surface area (Å²) in [6, 6.07) is 22.2. The normalized spacial score (nSPS) is 14.7. The summed E-state index contributed by atoms with van der Waals surface area (Å²) in [6.45, 7) is 2.59. The predicted molar refractivity (Wildman–Crippen MR) is 130 cm³/mol. The van der Waals surface area contributed by atoms with Crippen molar-refractivity contribution < 1.29 is 19.7 Å². The van der Waals surface area contributed by atoms with Gasteiger partial charge >= 0.3 is 5.97 Å². The highest BCUT2D eigenvalue weighted by atomic mass is 16.5. The van der Waals surface area contributed by atoms with Gasteiger partial charge in [0, 0.05) is 12.1 Å². The number of nitriles is 1. The van der Waals surface area contributed by atoms with E-state index in [0.717, 1.165) is 30.4 Å². The van der Waals surface area contributed by atoms with Crippen LogP contribution in [0.25, 0.3) is 11.1 Å². The molecule has 0 heterocycles. The zero-order valence-electron chi connectivity index (χ0n) is 19.1. The summed E-state index contributed by atoms with van der Waals surface area (Å²) < 4.78 is 5.83. The maximum absolute atomic E-state index is 11.1. The maximum atomic E-state index is 11.1. The van der Waals surface area contributed by atoms with Crippen molar-refractivity contribution in [2.75, 3.05) is 13.2 Å². The third-order valence-corrected chi connectivity index (χ3v) is 6.35. The van der Waals surface area contributed by atoms with Gasteiger partial charge in [0.05, 0.1) is 11.1 Å². The van der Waals surface area contributed by atoms with Crippen LogP contribution in [0, 0.1) is 18.3 Å². The number of ether oxygens (including phenoxy) is 1. The molecule has 174 valence electrons. The standard InChI is InChI=1S/C28H28N2O4/c1-19-4-2-3-5-23(19)15-28(12-13-28)30-17-25(31)18-34-26-14-22(10-11-24(26)16-29)20-6-8-21(9-7-20)27(32)33/h2-11,14,25,30-31H,12-13,15,17-18H2,1H3,(H,32,33)/t25-/m0/s1. The molecule has 0 bridgehead atoms. The van der Waals surface area contributed by atoms with E-state index in [9.17, 15) is 15.2 Å². The number of carboxylic acid groups (broad SMARTS) is 1. The maximum Gasteiger partial charge on any atom is 0.335 e. The highest BCUT2D eigenvalue weighted by molar-refractivity contribution is 5.88. The van der Waals surface area contributed by atoms with Gasteiger partial charge in [-0.1, -0.05) is 42.5 Å². The van der Waals surface area contributed by atoms with E-state index in [4.69, 9.17) is 9.84 Å². The molecule has 3 aromatic rings. The molecule has 0 spiro atoms. The molecule has 1 fully saturated rings. The molecule has 0 saturated heterocycles. The molecule has 0 aliphatic heterocycles. The summed E-state index contributed by atoms with van der Waals surface area (Å²) in [5.41, 5.74) is 4.84. The van der Waals surface area contributed by atoms with Gasteiger partial charge in [-0.3, -0.25) is 0 Å². The lowest BCUT2D eigenvalue weighted by Gasteiger charge is -2.21. The molecule has 3 aromatic carbocycles. The summed E-state index contributed by atoms with van der Waals surface area (Å²) in [7, 11) is 0. The number of hydrogen-bond acceptors (Lipinski definition) is 5. The quantitative estimate of drug-likeness (QED) is 0.420. The Hall–Kier alpha value is -3.66. The summed E-state index contributed by atoms with van der Waals surface area (Å²) in [5, 5.41) is 32.6. The number of nitrogens with zero attached hydrogens (tertiary/aromatic N) is 1. The van der Waals surface area contributed by atoms with Crippen molar-refractivity contribution >= 4 is 5.97 Å². The summed E-state index contributed by atoms with van der Waals surface area (Å²) in [6.07, 6.45) is 2.38. The average Bonchev–Trinajstić information content (AvgIpc) is 3.62. The van der Waals surface area contributed by atoms with Gasteiger partial charge in [0.25, 0.3) is 0 Å². The molecule has 34 heavy (non-hydrogen) atoms. The first-order valence-corrected chi connectivity index (χ1v) is 11.4. The lowest BCUT2D eigenvalue weighted by molar-refractivity contribution is 0.0697. The van der Waals surface area contributed by atoms with Gasteiger partial charge in [-0.15, -0.1) is 0 Å². The molecule has 1 aliphatic carbocycles. The Kier molecular flexibility index (Phi) is 6.97. The van der Waals surface area contributed by atoms with Crippen LogP contribution in [0.3, 0.4) is 0 Å². The van der Waals surface area contributed by atoms with E-state index in [-0.39, 0.29) is 17.7 Å². The van der Waals surface area contributed by atoms with Crippen LogP contribution in [-0.4, -0.2) is 41.0 Å². The monoisotopic (exact) mass is 456 g/mol. The van der Waals surface area contributed by atoms with E-state index >= 15 is 0 Å². The van der Waals surface area contributed by atoms with Crippen LogP contribution in [0.5, 0.6) is 5.75 Å². The van der Waals surface area contributed by atoms with Crippen LogP contribution < -0.4 is 10.1 Å². The number of hydrogen-bond donors (Lipinski definition) is 3. The Labute approximate surface area is 199 Å². The molecular formula is C28H28N2O4. The second-order valence-corrected chi connectivity index (χ2v) is 8.93. The minimum Gasteiger partial charge on any atom is -0.489 e. The number of aromatic carboxylic acids is 1. The molecule has 1 atom stereocenters. The second kappa shape index (κ2) is 10.1. The van der Waals surface area contributed by atoms with Crippen molar-refractivity contribution in [1.82, 2.24) is 5.32 Å². The number of rotatable bonds is 10. The SMILES string of the molecule is Cc1ccccc1CC1(NC[C@H](O)COc2cc(-c3ccc(C(=O)O)cc3)ccc2C#N)CC1. The Morgan fingerprint density at radius 2 is 1.82 bits per heavy atom. The molecule has 0 unspecified atom stereocenters. The Bertz CT molecular complexity index is 1210. The van der Waals surface area contributed by atoms with Crippen LogP contribution in [0.2, 0.25) is 0 Å². The van der Waals surface area contributed by atoms with Crippen LogP contribution >= 0.6 is 0 Å². The van der Waals surface area contributed by atoms with Crippen molar-refractivity contribution in [1.29, 1.82) is 5.26 Å². The van der Waals surface area contributed by atoms with Gasteiger partial charge in [0.15, 0.2) is 0 Å². The Morgan fingerprint density at radius 3 is 2.47 bits per heavy atom. The fraction of sp³-hybridized carbons (Fsp3) is 0.286. The lowest BCUT2D eigenvalue weighted by Crippen LogP contribution is -2.41. The zero-order valence-corrected chi connectivity index (χ0v) is 19.1. The van der Waals surface area contributed by atoms with Gasteiger partial charge in [0.1, 0.15) is 24.5 Å². The topological polar surface area (TPSA) is 103 Å². The summed E-state index contributed by atoms with van der Waals surface area (Å²) in [4.78, 5) is 11.1. The molecule has 0 radical (unpaired) electrons. The molecular weight excluding hydrogens is 428 g/mol. The number of nitrogens with one attached hydrogen (secondary N) is 1. The smallest absolute Gasteiger partial charge is 0.335 e. The van der Waals surface area contributed by atoms with Crippen LogP contribution in [0.1, 0.15) is 39.9 Å². The molecule has 0 aromatic heterocycles. The summed E-state index contributed by atoms with van der Waals surface area (Å²) in [5.74, 6) is -0.590. The largest absolute Gasteiger partial charge is 0.489 e. The van der Waals surface area contributed by atoms with Crippen LogP contribution in [0.15, 0.2) is 66.7 Å². The predicted octanol–water partition coefficient (Wildman–Crippen LogP) is 4.34. The van der Waals surface area contributed by atoms with E-state index in [2.05, 4.69) is 36.5 Å². The highest BCUT2D eigenvalue weighted by Crippen LogP contribution is 2.39. The lowest BCUT2D eigenvalue weighted by atomic mass is 9.99. The molecule has 4 rings (SSSR count).